The van der Waals surface area contributed by atoms with E-state index >= 15 is 0 Å². The van der Waals surface area contributed by atoms with Crippen LogP contribution in [0.5, 0.6) is 0 Å². The first-order chi connectivity index (χ1) is 4.70. The van der Waals surface area contributed by atoms with Crippen molar-refractivity contribution < 1.29 is 4.39 Å². The molecule has 0 spiro atoms. The van der Waals surface area contributed by atoms with Crippen molar-refractivity contribution in [1.29, 1.82) is 0 Å². The van der Waals surface area contributed by atoms with Gasteiger partial charge < -0.3 is 10.6 Å². The summed E-state index contributed by atoms with van der Waals surface area (Å²) in [6.45, 7) is 4.54. The molecule has 0 aliphatic carbocycles. The third-order valence-electron chi connectivity index (χ3n) is 2.20. The molecule has 1 saturated heterocycles. The minimum absolute atomic E-state index is 0.170. The summed E-state index contributed by atoms with van der Waals surface area (Å²) in [6.07, 6.45) is 0.608. The lowest BCUT2D eigenvalue weighted by atomic mass is 10.1. The second kappa shape index (κ2) is 2.84. The first-order valence-electron chi connectivity index (χ1n) is 3.81. The predicted octanol–water partition coefficient (Wildman–Crippen LogP) is 0.379. The first kappa shape index (κ1) is 7.95. The van der Waals surface area contributed by atoms with Crippen LogP contribution in [-0.2, 0) is 0 Å². The number of alkyl halides is 1. The van der Waals surface area contributed by atoms with Crippen molar-refractivity contribution in [3.63, 3.8) is 0 Å². The van der Waals surface area contributed by atoms with Crippen molar-refractivity contribution in [2.45, 2.75) is 19.0 Å². The van der Waals surface area contributed by atoms with Gasteiger partial charge in [-0.3, -0.25) is 0 Å². The molecule has 2 N–H and O–H groups in total. The zero-order valence-corrected chi connectivity index (χ0v) is 6.44. The molecule has 1 heterocycles. The van der Waals surface area contributed by atoms with Crippen LogP contribution >= 0.6 is 0 Å². The largest absolute Gasteiger partial charge is 0.327 e. The smallest absolute Gasteiger partial charge is 0.137 e. The number of likely N-dealkylation sites (tertiary alicyclic amines) is 1. The van der Waals surface area contributed by atoms with Crippen LogP contribution < -0.4 is 5.73 Å². The van der Waals surface area contributed by atoms with Gasteiger partial charge in [-0.15, -0.1) is 0 Å². The Hall–Kier alpha value is -0.150. The SMILES string of the molecule is CCN1CCC(F)(CN)C1. The lowest BCUT2D eigenvalue weighted by Gasteiger charge is -2.17. The van der Waals surface area contributed by atoms with Gasteiger partial charge >= 0.3 is 0 Å². The lowest BCUT2D eigenvalue weighted by molar-refractivity contribution is 0.177. The maximum atomic E-state index is 13.3. The summed E-state index contributed by atoms with van der Waals surface area (Å²) in [5.41, 5.74) is 4.20. The summed E-state index contributed by atoms with van der Waals surface area (Å²) >= 11 is 0. The van der Waals surface area contributed by atoms with Crippen LogP contribution in [0.4, 0.5) is 4.39 Å². The fraction of sp³-hybridized carbons (Fsp3) is 1.00. The zero-order valence-electron chi connectivity index (χ0n) is 6.44. The summed E-state index contributed by atoms with van der Waals surface area (Å²) in [5, 5.41) is 0. The highest BCUT2D eigenvalue weighted by molar-refractivity contribution is 4.90. The number of hydrogen-bond donors (Lipinski definition) is 1. The van der Waals surface area contributed by atoms with Crippen LogP contribution in [0.15, 0.2) is 0 Å². The van der Waals surface area contributed by atoms with E-state index in [2.05, 4.69) is 4.90 Å². The summed E-state index contributed by atoms with van der Waals surface area (Å²) < 4.78 is 13.3. The molecule has 10 heavy (non-hydrogen) atoms. The molecule has 0 bridgehead atoms. The molecular formula is C7H15FN2. The third-order valence-corrected chi connectivity index (χ3v) is 2.20. The lowest BCUT2D eigenvalue weighted by Crippen LogP contribution is -2.36. The Morgan fingerprint density at radius 2 is 2.40 bits per heavy atom. The first-order valence-corrected chi connectivity index (χ1v) is 3.81. The number of halogens is 1. The second-order valence-corrected chi connectivity index (χ2v) is 2.97. The molecule has 0 aromatic carbocycles. The predicted molar refractivity (Wildman–Crippen MR) is 39.6 cm³/mol. The van der Waals surface area contributed by atoms with E-state index in [0.29, 0.717) is 13.0 Å². The Labute approximate surface area is 61.2 Å². The molecule has 0 aromatic heterocycles. The number of nitrogens with two attached hydrogens (primary N) is 1. The quantitative estimate of drug-likeness (QED) is 0.610. The molecule has 1 unspecified atom stereocenters. The van der Waals surface area contributed by atoms with Crippen LogP contribution in [-0.4, -0.2) is 36.7 Å². The maximum absolute atomic E-state index is 13.3. The van der Waals surface area contributed by atoms with Crippen LogP contribution in [0, 0.1) is 0 Å². The van der Waals surface area contributed by atoms with Crippen LogP contribution in [0.2, 0.25) is 0 Å². The Morgan fingerprint density at radius 1 is 1.70 bits per heavy atom. The van der Waals surface area contributed by atoms with E-state index < -0.39 is 5.67 Å². The van der Waals surface area contributed by atoms with Gasteiger partial charge in [0, 0.05) is 19.6 Å². The standard InChI is InChI=1S/C7H15FN2/c1-2-10-4-3-7(8,5-9)6-10/h2-6,9H2,1H3. The zero-order chi connectivity index (χ0) is 7.61. The molecular weight excluding hydrogens is 131 g/mol. The molecule has 1 rings (SSSR count). The third kappa shape index (κ3) is 1.47. The van der Waals surface area contributed by atoms with Gasteiger partial charge in [-0.1, -0.05) is 6.92 Å². The summed E-state index contributed by atoms with van der Waals surface area (Å²) in [6, 6.07) is 0. The van der Waals surface area contributed by atoms with Gasteiger partial charge in [-0.05, 0) is 13.0 Å². The Morgan fingerprint density at radius 3 is 2.70 bits per heavy atom. The van der Waals surface area contributed by atoms with Crippen LogP contribution in [0.3, 0.4) is 0 Å². The Balaban J connectivity index is 2.41. The molecule has 0 radical (unpaired) electrons. The van der Waals surface area contributed by atoms with Gasteiger partial charge in [0.2, 0.25) is 0 Å². The number of rotatable bonds is 2. The number of nitrogens with zero attached hydrogens (tertiary/aromatic N) is 1. The van der Waals surface area contributed by atoms with Gasteiger partial charge in [-0.25, -0.2) is 4.39 Å². The van der Waals surface area contributed by atoms with E-state index in [4.69, 9.17) is 5.73 Å². The minimum atomic E-state index is -1.09. The molecule has 1 aliphatic heterocycles. The topological polar surface area (TPSA) is 29.3 Å². The fourth-order valence-corrected chi connectivity index (χ4v) is 1.35. The van der Waals surface area contributed by atoms with Crippen molar-refractivity contribution in [1.82, 2.24) is 4.90 Å². The van der Waals surface area contributed by atoms with Crippen molar-refractivity contribution in [2.75, 3.05) is 26.2 Å². The molecule has 0 saturated carbocycles. The molecule has 1 fully saturated rings. The molecule has 1 aliphatic rings. The average molecular weight is 146 g/mol. The van der Waals surface area contributed by atoms with Crippen molar-refractivity contribution in [2.24, 2.45) is 5.73 Å². The highest BCUT2D eigenvalue weighted by Gasteiger charge is 2.35. The summed E-state index contributed by atoms with van der Waals surface area (Å²) in [7, 11) is 0. The van der Waals surface area contributed by atoms with E-state index in [9.17, 15) is 4.39 Å². The van der Waals surface area contributed by atoms with E-state index in [1.807, 2.05) is 6.92 Å². The van der Waals surface area contributed by atoms with Gasteiger partial charge in [0.25, 0.3) is 0 Å². The van der Waals surface area contributed by atoms with E-state index in [-0.39, 0.29) is 6.54 Å². The van der Waals surface area contributed by atoms with Crippen LogP contribution in [0.25, 0.3) is 0 Å². The summed E-state index contributed by atoms with van der Waals surface area (Å²) in [4.78, 5) is 2.09. The molecule has 2 nitrogen and oxygen atoms in total. The molecule has 3 heteroatoms. The van der Waals surface area contributed by atoms with E-state index in [1.54, 1.807) is 0 Å². The normalized spacial score (nSPS) is 35.1. The van der Waals surface area contributed by atoms with E-state index in [1.165, 1.54) is 0 Å². The van der Waals surface area contributed by atoms with Gasteiger partial charge in [0.05, 0.1) is 0 Å². The number of hydrogen-bond acceptors (Lipinski definition) is 2. The van der Waals surface area contributed by atoms with Crippen molar-refractivity contribution in [3.8, 4) is 0 Å². The fourth-order valence-electron chi connectivity index (χ4n) is 1.35. The molecule has 0 aromatic rings. The Bertz CT molecular complexity index is 118. The maximum Gasteiger partial charge on any atom is 0.137 e. The monoisotopic (exact) mass is 146 g/mol. The van der Waals surface area contributed by atoms with Crippen molar-refractivity contribution in [3.05, 3.63) is 0 Å². The molecule has 60 valence electrons. The molecule has 0 amide bonds. The molecule has 1 atom stereocenters. The van der Waals surface area contributed by atoms with Gasteiger partial charge in [0.15, 0.2) is 0 Å². The highest BCUT2D eigenvalue weighted by Crippen LogP contribution is 2.23. The van der Waals surface area contributed by atoms with Gasteiger partial charge in [0.1, 0.15) is 5.67 Å². The highest BCUT2D eigenvalue weighted by atomic mass is 19.1. The van der Waals surface area contributed by atoms with E-state index in [0.717, 1.165) is 13.1 Å². The Kier molecular flexibility index (Phi) is 2.26. The average Bonchev–Trinajstić information content (AvgIpc) is 2.33. The summed E-state index contributed by atoms with van der Waals surface area (Å²) in [5.74, 6) is 0. The van der Waals surface area contributed by atoms with Gasteiger partial charge in [-0.2, -0.15) is 0 Å². The van der Waals surface area contributed by atoms with Crippen molar-refractivity contribution >= 4 is 0 Å². The second-order valence-electron chi connectivity index (χ2n) is 2.97. The van der Waals surface area contributed by atoms with Crippen LogP contribution in [0.1, 0.15) is 13.3 Å². The minimum Gasteiger partial charge on any atom is -0.327 e.